The fraction of sp³-hybridized carbons (Fsp3) is 0.333. The van der Waals surface area contributed by atoms with Crippen molar-refractivity contribution in [2.75, 3.05) is 13.1 Å². The summed E-state index contributed by atoms with van der Waals surface area (Å²) in [6, 6.07) is 7.74. The van der Waals surface area contributed by atoms with Crippen LogP contribution < -0.4 is 10.6 Å². The first-order valence-corrected chi connectivity index (χ1v) is 6.86. The molecule has 1 amide bonds. The predicted octanol–water partition coefficient (Wildman–Crippen LogP) is 1.69. The number of nitrogens with zero attached hydrogens (tertiary/aromatic N) is 2. The maximum absolute atomic E-state index is 12.1. The van der Waals surface area contributed by atoms with Crippen molar-refractivity contribution in [2.24, 2.45) is 0 Å². The Morgan fingerprint density at radius 2 is 2.14 bits per heavy atom. The first-order chi connectivity index (χ1) is 9.72. The van der Waals surface area contributed by atoms with Crippen molar-refractivity contribution < 1.29 is 4.79 Å². The summed E-state index contributed by atoms with van der Waals surface area (Å²) in [6.07, 6.45) is 4.77. The highest BCUT2D eigenvalue weighted by atomic mass is 35.5. The van der Waals surface area contributed by atoms with Gasteiger partial charge in [0, 0.05) is 24.3 Å². The molecule has 0 spiro atoms. The third-order valence-corrected chi connectivity index (χ3v) is 3.50. The second-order valence-corrected chi connectivity index (χ2v) is 5.17. The summed E-state index contributed by atoms with van der Waals surface area (Å²) in [5.74, 6) is -0.0121. The van der Waals surface area contributed by atoms with E-state index in [9.17, 15) is 4.79 Å². The Bertz CT molecular complexity index is 602. The minimum absolute atomic E-state index is 0. The first kappa shape index (κ1) is 15.5. The van der Waals surface area contributed by atoms with E-state index in [1.165, 1.54) is 0 Å². The lowest BCUT2D eigenvalue weighted by Gasteiger charge is -2.11. The van der Waals surface area contributed by atoms with Crippen molar-refractivity contribution in [3.8, 4) is 5.69 Å². The van der Waals surface area contributed by atoms with Crippen LogP contribution >= 0.6 is 12.4 Å². The van der Waals surface area contributed by atoms with Crippen molar-refractivity contribution in [3.05, 3.63) is 47.8 Å². The van der Waals surface area contributed by atoms with Gasteiger partial charge in [-0.3, -0.25) is 4.79 Å². The van der Waals surface area contributed by atoms with Gasteiger partial charge >= 0.3 is 0 Å². The van der Waals surface area contributed by atoms with Crippen LogP contribution in [-0.2, 0) is 0 Å². The fourth-order valence-electron chi connectivity index (χ4n) is 2.37. The topological polar surface area (TPSA) is 59.0 Å². The van der Waals surface area contributed by atoms with Crippen LogP contribution in [0.1, 0.15) is 22.3 Å². The number of hydrogen-bond donors (Lipinski definition) is 2. The minimum atomic E-state index is -0.0121. The van der Waals surface area contributed by atoms with E-state index in [-0.39, 0.29) is 24.4 Å². The van der Waals surface area contributed by atoms with Crippen LogP contribution in [0.4, 0.5) is 0 Å². The maximum Gasteiger partial charge on any atom is 0.251 e. The molecule has 1 fully saturated rings. The number of benzene rings is 1. The van der Waals surface area contributed by atoms with Gasteiger partial charge in [0.25, 0.3) is 5.91 Å². The van der Waals surface area contributed by atoms with E-state index in [4.69, 9.17) is 0 Å². The van der Waals surface area contributed by atoms with E-state index in [0.717, 1.165) is 30.8 Å². The van der Waals surface area contributed by atoms with Crippen LogP contribution in [0, 0.1) is 6.92 Å². The average molecular weight is 307 g/mol. The summed E-state index contributed by atoms with van der Waals surface area (Å²) in [7, 11) is 0. The molecule has 0 bridgehead atoms. The van der Waals surface area contributed by atoms with Crippen molar-refractivity contribution in [3.63, 3.8) is 0 Å². The zero-order valence-corrected chi connectivity index (χ0v) is 12.7. The highest BCUT2D eigenvalue weighted by molar-refractivity contribution is 5.94. The Hall–Kier alpha value is -1.85. The first-order valence-electron chi connectivity index (χ1n) is 6.86. The molecule has 5 nitrogen and oxygen atoms in total. The van der Waals surface area contributed by atoms with Crippen molar-refractivity contribution >= 4 is 18.3 Å². The molecular weight excluding hydrogens is 288 g/mol. The Morgan fingerprint density at radius 1 is 1.38 bits per heavy atom. The predicted molar refractivity (Wildman–Crippen MR) is 84.3 cm³/mol. The lowest BCUT2D eigenvalue weighted by molar-refractivity contribution is 0.0940. The molecule has 1 aromatic heterocycles. The number of nitrogens with one attached hydrogen (secondary N) is 2. The summed E-state index contributed by atoms with van der Waals surface area (Å²) in [6.45, 7) is 3.83. The maximum atomic E-state index is 12.1. The summed E-state index contributed by atoms with van der Waals surface area (Å²) in [4.78, 5) is 12.1. The second-order valence-electron chi connectivity index (χ2n) is 5.17. The number of amides is 1. The molecule has 1 atom stereocenters. The molecule has 1 unspecified atom stereocenters. The quantitative estimate of drug-likeness (QED) is 0.907. The molecule has 21 heavy (non-hydrogen) atoms. The lowest BCUT2D eigenvalue weighted by atomic mass is 10.1. The monoisotopic (exact) mass is 306 g/mol. The van der Waals surface area contributed by atoms with E-state index in [2.05, 4.69) is 15.7 Å². The molecule has 2 heterocycles. The highest BCUT2D eigenvalue weighted by Crippen LogP contribution is 2.10. The molecule has 1 saturated heterocycles. The van der Waals surface area contributed by atoms with E-state index in [0.29, 0.717) is 5.56 Å². The largest absolute Gasteiger partial charge is 0.348 e. The smallest absolute Gasteiger partial charge is 0.251 e. The molecule has 2 aromatic rings. The van der Waals surface area contributed by atoms with Gasteiger partial charge in [-0.1, -0.05) is 0 Å². The number of hydrogen-bond acceptors (Lipinski definition) is 3. The molecule has 1 aromatic carbocycles. The molecule has 0 saturated carbocycles. The third kappa shape index (κ3) is 3.62. The van der Waals surface area contributed by atoms with Gasteiger partial charge in [0.1, 0.15) is 0 Å². The molecule has 112 valence electrons. The molecule has 1 aliphatic heterocycles. The summed E-state index contributed by atoms with van der Waals surface area (Å²) in [5.41, 5.74) is 2.75. The van der Waals surface area contributed by atoms with Gasteiger partial charge in [-0.25, -0.2) is 4.68 Å². The van der Waals surface area contributed by atoms with Gasteiger partial charge in [0.15, 0.2) is 0 Å². The lowest BCUT2D eigenvalue weighted by Crippen LogP contribution is -2.36. The van der Waals surface area contributed by atoms with Gasteiger partial charge in [0.2, 0.25) is 0 Å². The molecule has 1 aliphatic rings. The van der Waals surface area contributed by atoms with Crippen LogP contribution in [0.15, 0.2) is 36.7 Å². The summed E-state index contributed by atoms with van der Waals surface area (Å²) in [5, 5.41) is 10.5. The molecule has 0 aliphatic carbocycles. The van der Waals surface area contributed by atoms with Crippen molar-refractivity contribution in [1.29, 1.82) is 0 Å². The van der Waals surface area contributed by atoms with Crippen molar-refractivity contribution in [2.45, 2.75) is 19.4 Å². The fourth-order valence-corrected chi connectivity index (χ4v) is 2.37. The van der Waals surface area contributed by atoms with Gasteiger partial charge in [-0.15, -0.1) is 12.4 Å². The Morgan fingerprint density at radius 3 is 2.71 bits per heavy atom. The van der Waals surface area contributed by atoms with Crippen LogP contribution in [0.2, 0.25) is 0 Å². The van der Waals surface area contributed by atoms with Gasteiger partial charge in [-0.2, -0.15) is 5.10 Å². The minimum Gasteiger partial charge on any atom is -0.348 e. The number of carbonyl (C=O) groups excluding carboxylic acids is 1. The molecule has 0 radical (unpaired) electrons. The zero-order chi connectivity index (χ0) is 13.9. The number of rotatable bonds is 3. The standard InChI is InChI=1S/C15H18N4O.ClH/c1-11-8-17-19(10-11)14-4-2-12(3-5-14)15(20)18-13-6-7-16-9-13;/h2-5,8,10,13,16H,6-7,9H2,1H3,(H,18,20);1H. The van der Waals surface area contributed by atoms with Gasteiger partial charge in [0.05, 0.1) is 11.9 Å². The third-order valence-electron chi connectivity index (χ3n) is 3.50. The Balaban J connectivity index is 0.00000161. The number of halogens is 1. The SMILES string of the molecule is Cc1cnn(-c2ccc(C(=O)NC3CCNC3)cc2)c1.Cl. The van der Waals surface area contributed by atoms with Gasteiger partial charge in [-0.05, 0) is 49.7 Å². The van der Waals surface area contributed by atoms with Crippen molar-refractivity contribution in [1.82, 2.24) is 20.4 Å². The molecule has 2 N–H and O–H groups in total. The number of carbonyl (C=O) groups is 1. The van der Waals surface area contributed by atoms with Crippen LogP contribution in [-0.4, -0.2) is 34.8 Å². The normalized spacial score (nSPS) is 17.3. The second kappa shape index (κ2) is 6.74. The van der Waals surface area contributed by atoms with Gasteiger partial charge < -0.3 is 10.6 Å². The van der Waals surface area contributed by atoms with E-state index in [1.807, 2.05) is 43.6 Å². The van der Waals surface area contributed by atoms with E-state index < -0.39 is 0 Å². The number of aryl methyl sites for hydroxylation is 1. The molecule has 3 rings (SSSR count). The van der Waals surface area contributed by atoms with Crippen LogP contribution in [0.5, 0.6) is 0 Å². The average Bonchev–Trinajstić information content (AvgIpc) is 3.10. The molecular formula is C15H19ClN4O. The Labute approximate surface area is 130 Å². The number of aromatic nitrogens is 2. The summed E-state index contributed by atoms with van der Waals surface area (Å²) >= 11 is 0. The van der Waals surface area contributed by atoms with E-state index in [1.54, 1.807) is 4.68 Å². The molecule has 6 heteroatoms. The van der Waals surface area contributed by atoms with Crippen LogP contribution in [0.3, 0.4) is 0 Å². The Kier molecular flexibility index (Phi) is 4.98. The summed E-state index contributed by atoms with van der Waals surface area (Å²) < 4.78 is 1.80. The van der Waals surface area contributed by atoms with Crippen LogP contribution in [0.25, 0.3) is 5.69 Å². The highest BCUT2D eigenvalue weighted by Gasteiger charge is 2.17. The zero-order valence-electron chi connectivity index (χ0n) is 11.9. The van der Waals surface area contributed by atoms with E-state index >= 15 is 0 Å².